The van der Waals surface area contributed by atoms with E-state index < -0.39 is 0 Å². The molecule has 0 unspecified atom stereocenters. The van der Waals surface area contributed by atoms with E-state index in [-0.39, 0.29) is 5.34 Å². The Labute approximate surface area is 63.0 Å². The minimum atomic E-state index is 0.194. The van der Waals surface area contributed by atoms with Crippen LogP contribution in [0, 0.1) is 0 Å². The van der Waals surface area contributed by atoms with E-state index in [2.05, 4.69) is 0 Å². The second kappa shape index (κ2) is 7.28. The summed E-state index contributed by atoms with van der Waals surface area (Å²) in [5.74, 6) is 0. The van der Waals surface area contributed by atoms with Gasteiger partial charge in [-0.2, -0.15) is 11.3 Å². The molecule has 0 aromatic carbocycles. The van der Waals surface area contributed by atoms with Gasteiger partial charge in [0.05, 0.1) is 5.34 Å². The van der Waals surface area contributed by atoms with E-state index in [4.69, 9.17) is 23.2 Å². The molecule has 0 fully saturated rings. The van der Waals surface area contributed by atoms with Crippen LogP contribution in [-0.2, 0) is 0 Å². The van der Waals surface area contributed by atoms with E-state index in [0.29, 0.717) is 0 Å². The summed E-state index contributed by atoms with van der Waals surface area (Å²) in [4.78, 5) is 0. The molecule has 1 rings (SSSR count). The van der Waals surface area contributed by atoms with Gasteiger partial charge in [0.1, 0.15) is 0 Å². The number of halogens is 2. The SMILES string of the molecule is ClCCl.c1ccsc1. The molecule has 46 valence electrons. The number of alkyl halides is 2. The molecule has 1 aromatic rings. The molecule has 3 heteroatoms. The lowest BCUT2D eigenvalue weighted by Crippen LogP contribution is -1.24. The highest BCUT2D eigenvalue weighted by Gasteiger charge is 1.58. The highest BCUT2D eigenvalue weighted by atomic mass is 35.5. The van der Waals surface area contributed by atoms with Gasteiger partial charge in [-0.3, -0.25) is 0 Å². The number of hydrogen-bond acceptors (Lipinski definition) is 1. The van der Waals surface area contributed by atoms with Crippen LogP contribution in [-0.4, -0.2) is 5.34 Å². The van der Waals surface area contributed by atoms with Gasteiger partial charge in [0, 0.05) is 0 Å². The third-order valence-electron chi connectivity index (χ3n) is 0.425. The van der Waals surface area contributed by atoms with Gasteiger partial charge in [0.25, 0.3) is 0 Å². The Hall–Kier alpha value is 0.280. The summed E-state index contributed by atoms with van der Waals surface area (Å²) in [5.41, 5.74) is 0. The maximum atomic E-state index is 4.76. The Morgan fingerprint density at radius 2 is 1.50 bits per heavy atom. The molecule has 0 bridgehead atoms. The highest BCUT2D eigenvalue weighted by Crippen LogP contribution is 1.91. The largest absolute Gasteiger partial charge is 0.152 e. The van der Waals surface area contributed by atoms with Gasteiger partial charge >= 0.3 is 0 Å². The molecule has 0 aliphatic carbocycles. The molecule has 0 radical (unpaired) electrons. The molecule has 0 atom stereocenters. The van der Waals surface area contributed by atoms with Gasteiger partial charge in [-0.25, -0.2) is 0 Å². The Balaban J connectivity index is 0.000000145. The maximum absolute atomic E-state index is 4.76. The normalized spacial score (nSPS) is 7.25. The summed E-state index contributed by atoms with van der Waals surface area (Å²) >= 11 is 11.2. The third-order valence-corrected chi connectivity index (χ3v) is 1.05. The van der Waals surface area contributed by atoms with Crippen molar-refractivity contribution >= 4 is 34.5 Å². The summed E-state index contributed by atoms with van der Waals surface area (Å²) in [7, 11) is 0. The quantitative estimate of drug-likeness (QED) is 0.523. The third kappa shape index (κ3) is 6.28. The predicted molar refractivity (Wildman–Crippen MR) is 40.9 cm³/mol. The molecule has 0 nitrogen and oxygen atoms in total. The number of thiophene rings is 1. The molecular weight excluding hydrogens is 163 g/mol. The molecule has 1 aromatic heterocycles. The second-order valence-corrected chi connectivity index (χ2v) is 2.52. The van der Waals surface area contributed by atoms with Crippen LogP contribution in [0.25, 0.3) is 0 Å². The first-order valence-corrected chi connectivity index (χ1v) is 4.02. The Kier molecular flexibility index (Phi) is 7.53. The summed E-state index contributed by atoms with van der Waals surface area (Å²) in [6.45, 7) is 0. The minimum Gasteiger partial charge on any atom is -0.152 e. The van der Waals surface area contributed by atoms with Crippen molar-refractivity contribution < 1.29 is 0 Å². The summed E-state index contributed by atoms with van der Waals surface area (Å²) in [5, 5.41) is 4.28. The molecule has 0 saturated carbocycles. The lowest BCUT2D eigenvalue weighted by atomic mass is 10.7. The van der Waals surface area contributed by atoms with E-state index in [1.807, 2.05) is 22.9 Å². The van der Waals surface area contributed by atoms with Crippen LogP contribution in [0.1, 0.15) is 0 Å². The van der Waals surface area contributed by atoms with Crippen LogP contribution >= 0.6 is 34.5 Å². The van der Waals surface area contributed by atoms with Gasteiger partial charge in [-0.15, -0.1) is 23.2 Å². The molecule has 0 N–H and O–H groups in total. The summed E-state index contributed by atoms with van der Waals surface area (Å²) < 4.78 is 0. The van der Waals surface area contributed by atoms with Crippen molar-refractivity contribution in [3.63, 3.8) is 0 Å². The van der Waals surface area contributed by atoms with E-state index in [1.54, 1.807) is 11.3 Å². The maximum Gasteiger partial charge on any atom is 0.0967 e. The number of hydrogen-bond donors (Lipinski definition) is 0. The van der Waals surface area contributed by atoms with Crippen molar-refractivity contribution in [2.45, 2.75) is 0 Å². The van der Waals surface area contributed by atoms with Crippen molar-refractivity contribution in [3.8, 4) is 0 Å². The zero-order chi connectivity index (χ0) is 6.24. The van der Waals surface area contributed by atoms with Crippen LogP contribution in [0.2, 0.25) is 0 Å². The fraction of sp³-hybridized carbons (Fsp3) is 0.200. The molecule has 0 saturated heterocycles. The lowest BCUT2D eigenvalue weighted by Gasteiger charge is -1.42. The van der Waals surface area contributed by atoms with Crippen LogP contribution in [0.15, 0.2) is 22.9 Å². The van der Waals surface area contributed by atoms with Gasteiger partial charge in [-0.05, 0) is 10.8 Å². The zero-order valence-electron chi connectivity index (χ0n) is 4.18. The summed E-state index contributed by atoms with van der Waals surface area (Å²) in [6, 6.07) is 4.04. The zero-order valence-corrected chi connectivity index (χ0v) is 6.51. The molecule has 0 spiro atoms. The van der Waals surface area contributed by atoms with Gasteiger partial charge in [0.2, 0.25) is 0 Å². The first-order valence-electron chi connectivity index (χ1n) is 2.01. The van der Waals surface area contributed by atoms with E-state index >= 15 is 0 Å². The first kappa shape index (κ1) is 8.28. The van der Waals surface area contributed by atoms with Crippen LogP contribution in [0.5, 0.6) is 0 Å². The fourth-order valence-corrected chi connectivity index (χ4v) is 0.680. The first-order chi connectivity index (χ1) is 3.91. The number of rotatable bonds is 0. The van der Waals surface area contributed by atoms with Crippen molar-refractivity contribution in [1.29, 1.82) is 0 Å². The smallest absolute Gasteiger partial charge is 0.0967 e. The Morgan fingerprint density at radius 1 is 1.12 bits per heavy atom. The van der Waals surface area contributed by atoms with Crippen LogP contribution in [0.4, 0.5) is 0 Å². The molecule has 0 aliphatic rings. The Bertz CT molecular complexity index is 77.3. The average Bonchev–Trinajstić information content (AvgIpc) is 2.17. The molecule has 0 amide bonds. The van der Waals surface area contributed by atoms with E-state index in [1.165, 1.54) is 0 Å². The highest BCUT2D eigenvalue weighted by molar-refractivity contribution is 7.07. The van der Waals surface area contributed by atoms with Gasteiger partial charge < -0.3 is 0 Å². The van der Waals surface area contributed by atoms with Crippen molar-refractivity contribution in [2.24, 2.45) is 0 Å². The molecule has 0 aliphatic heterocycles. The molecule has 8 heavy (non-hydrogen) atoms. The Morgan fingerprint density at radius 3 is 1.62 bits per heavy atom. The van der Waals surface area contributed by atoms with Gasteiger partial charge in [-0.1, -0.05) is 12.1 Å². The van der Waals surface area contributed by atoms with Crippen LogP contribution in [0.3, 0.4) is 0 Å². The predicted octanol–water partition coefficient (Wildman–Crippen LogP) is 3.17. The van der Waals surface area contributed by atoms with Crippen LogP contribution < -0.4 is 0 Å². The molecule has 1 heterocycles. The van der Waals surface area contributed by atoms with Crippen molar-refractivity contribution in [3.05, 3.63) is 22.9 Å². The molecular formula is C5H6Cl2S. The lowest BCUT2D eigenvalue weighted by molar-refractivity contribution is 2.03. The average molecular weight is 169 g/mol. The fourth-order valence-electron chi connectivity index (χ4n) is 0.227. The minimum absolute atomic E-state index is 0.194. The monoisotopic (exact) mass is 168 g/mol. The van der Waals surface area contributed by atoms with E-state index in [9.17, 15) is 0 Å². The second-order valence-electron chi connectivity index (χ2n) is 0.894. The van der Waals surface area contributed by atoms with Crippen molar-refractivity contribution in [1.82, 2.24) is 0 Å². The standard InChI is InChI=1S/C4H4S.CH2Cl2/c1-2-4-5-3-1;2-1-3/h1-4H;1H2. The topological polar surface area (TPSA) is 0 Å². The van der Waals surface area contributed by atoms with Gasteiger partial charge in [0.15, 0.2) is 0 Å². The van der Waals surface area contributed by atoms with E-state index in [0.717, 1.165) is 0 Å². The summed E-state index contributed by atoms with van der Waals surface area (Å²) in [6.07, 6.45) is 0. The van der Waals surface area contributed by atoms with Crippen molar-refractivity contribution in [2.75, 3.05) is 5.34 Å².